The molecule has 1 aromatic heterocycles. The molecule has 0 saturated heterocycles. The number of sulfonamides is 1. The maximum Gasteiger partial charge on any atom is 0.265 e. The quantitative estimate of drug-likeness (QED) is 0.487. The van der Waals surface area contributed by atoms with Gasteiger partial charge in [-0.1, -0.05) is 0 Å². The Morgan fingerprint density at radius 2 is 1.64 bits per heavy atom. The van der Waals surface area contributed by atoms with Gasteiger partial charge in [-0.3, -0.25) is 9.52 Å². The zero-order valence-corrected chi connectivity index (χ0v) is 19.5. The van der Waals surface area contributed by atoms with Crippen LogP contribution >= 0.6 is 0 Å². The molecule has 1 heterocycles. The van der Waals surface area contributed by atoms with Gasteiger partial charge in [-0.05, 0) is 56.3 Å². The van der Waals surface area contributed by atoms with E-state index in [1.807, 2.05) is 13.8 Å². The van der Waals surface area contributed by atoms with E-state index in [0.717, 1.165) is 0 Å². The van der Waals surface area contributed by atoms with Gasteiger partial charge in [-0.2, -0.15) is 0 Å². The summed E-state index contributed by atoms with van der Waals surface area (Å²) in [6, 6.07) is 14.1. The van der Waals surface area contributed by atoms with Crippen LogP contribution in [0.25, 0.3) is 0 Å². The Balaban J connectivity index is 1.70. The highest BCUT2D eigenvalue weighted by Crippen LogP contribution is 2.30. The van der Waals surface area contributed by atoms with Crippen molar-refractivity contribution in [3.63, 3.8) is 0 Å². The zero-order chi connectivity index (χ0) is 24.0. The number of hydrogen-bond acceptors (Lipinski definition) is 7. The number of anilines is 1. The maximum atomic E-state index is 12.9. The summed E-state index contributed by atoms with van der Waals surface area (Å²) in [6.07, 6.45) is 1.43. The Morgan fingerprint density at radius 3 is 2.21 bits per heavy atom. The van der Waals surface area contributed by atoms with Crippen molar-refractivity contribution >= 4 is 21.6 Å². The predicted octanol–water partition coefficient (Wildman–Crippen LogP) is 3.83. The van der Waals surface area contributed by atoms with Gasteiger partial charge in [-0.15, -0.1) is 0 Å². The SMILES string of the molecule is COc1ccc(OC)c(S(=O)(=O)Nc2ccc(Oc3ccc(C(=O)NC(C)C)cn3)cc2)c1. The Labute approximate surface area is 192 Å². The number of carbonyl (C=O) groups excluding carboxylic acids is 1. The molecule has 0 atom stereocenters. The lowest BCUT2D eigenvalue weighted by atomic mass is 10.2. The third kappa shape index (κ3) is 6.13. The monoisotopic (exact) mass is 471 g/mol. The van der Waals surface area contributed by atoms with Crippen LogP contribution in [-0.4, -0.2) is 39.6 Å². The third-order valence-electron chi connectivity index (χ3n) is 4.41. The molecular weight excluding hydrogens is 446 g/mol. The van der Waals surface area contributed by atoms with Crippen molar-refractivity contribution in [2.75, 3.05) is 18.9 Å². The molecule has 3 rings (SSSR count). The van der Waals surface area contributed by atoms with Gasteiger partial charge in [0.25, 0.3) is 15.9 Å². The van der Waals surface area contributed by atoms with Crippen molar-refractivity contribution in [2.45, 2.75) is 24.8 Å². The van der Waals surface area contributed by atoms with E-state index < -0.39 is 10.0 Å². The molecular formula is C23H25N3O6S. The van der Waals surface area contributed by atoms with Gasteiger partial charge in [0, 0.05) is 30.1 Å². The summed E-state index contributed by atoms with van der Waals surface area (Å²) in [6.45, 7) is 3.75. The van der Waals surface area contributed by atoms with Crippen LogP contribution in [0.3, 0.4) is 0 Å². The molecule has 0 aliphatic carbocycles. The van der Waals surface area contributed by atoms with Crippen molar-refractivity contribution in [2.24, 2.45) is 0 Å². The number of pyridine rings is 1. The zero-order valence-electron chi connectivity index (χ0n) is 18.7. The van der Waals surface area contributed by atoms with E-state index in [4.69, 9.17) is 14.2 Å². The van der Waals surface area contributed by atoms with E-state index in [1.54, 1.807) is 42.5 Å². The van der Waals surface area contributed by atoms with Gasteiger partial charge in [0.1, 0.15) is 22.1 Å². The van der Waals surface area contributed by atoms with Crippen LogP contribution < -0.4 is 24.2 Å². The first-order chi connectivity index (χ1) is 15.7. The largest absolute Gasteiger partial charge is 0.497 e. The van der Waals surface area contributed by atoms with Gasteiger partial charge >= 0.3 is 0 Å². The molecule has 33 heavy (non-hydrogen) atoms. The topological polar surface area (TPSA) is 116 Å². The van der Waals surface area contributed by atoms with Gasteiger partial charge in [0.2, 0.25) is 5.88 Å². The summed E-state index contributed by atoms with van der Waals surface area (Å²) in [7, 11) is -1.08. The van der Waals surface area contributed by atoms with Crippen molar-refractivity contribution in [1.29, 1.82) is 0 Å². The van der Waals surface area contributed by atoms with Gasteiger partial charge in [-0.25, -0.2) is 13.4 Å². The second-order valence-electron chi connectivity index (χ2n) is 7.26. The minimum Gasteiger partial charge on any atom is -0.497 e. The highest BCUT2D eigenvalue weighted by atomic mass is 32.2. The molecule has 10 heteroatoms. The van der Waals surface area contributed by atoms with Crippen molar-refractivity contribution in [3.05, 3.63) is 66.4 Å². The van der Waals surface area contributed by atoms with E-state index in [2.05, 4.69) is 15.0 Å². The average Bonchev–Trinajstić information content (AvgIpc) is 2.79. The van der Waals surface area contributed by atoms with E-state index in [0.29, 0.717) is 28.6 Å². The fourth-order valence-corrected chi connectivity index (χ4v) is 4.08. The molecule has 0 unspecified atom stereocenters. The maximum absolute atomic E-state index is 12.9. The van der Waals surface area contributed by atoms with Crippen LogP contribution in [0.2, 0.25) is 0 Å². The van der Waals surface area contributed by atoms with Crippen LogP contribution in [0.1, 0.15) is 24.2 Å². The van der Waals surface area contributed by atoms with Crippen LogP contribution in [-0.2, 0) is 10.0 Å². The number of methoxy groups -OCH3 is 2. The normalized spacial score (nSPS) is 11.1. The van der Waals surface area contributed by atoms with Crippen LogP contribution in [0, 0.1) is 0 Å². The second-order valence-corrected chi connectivity index (χ2v) is 8.91. The lowest BCUT2D eigenvalue weighted by molar-refractivity contribution is 0.0942. The van der Waals surface area contributed by atoms with Crippen LogP contribution in [0.4, 0.5) is 5.69 Å². The molecule has 0 aliphatic rings. The summed E-state index contributed by atoms with van der Waals surface area (Å²) in [5.41, 5.74) is 0.759. The molecule has 2 N–H and O–H groups in total. The lowest BCUT2D eigenvalue weighted by Gasteiger charge is -2.13. The molecule has 0 spiro atoms. The first-order valence-corrected chi connectivity index (χ1v) is 11.5. The van der Waals surface area contributed by atoms with Gasteiger partial charge in [0.05, 0.1) is 19.8 Å². The van der Waals surface area contributed by atoms with Crippen molar-refractivity contribution in [1.82, 2.24) is 10.3 Å². The predicted molar refractivity (Wildman–Crippen MR) is 124 cm³/mol. The molecule has 0 aliphatic heterocycles. The third-order valence-corrected chi connectivity index (χ3v) is 5.81. The molecule has 9 nitrogen and oxygen atoms in total. The Bertz CT molecular complexity index is 1210. The number of hydrogen-bond donors (Lipinski definition) is 2. The van der Waals surface area contributed by atoms with E-state index >= 15 is 0 Å². The first kappa shape index (κ1) is 23.9. The second kappa shape index (κ2) is 10.2. The molecule has 0 saturated carbocycles. The molecule has 0 bridgehead atoms. The minimum atomic E-state index is -3.93. The minimum absolute atomic E-state index is 0.0226. The molecule has 2 aromatic carbocycles. The van der Waals surface area contributed by atoms with Crippen LogP contribution in [0.5, 0.6) is 23.1 Å². The van der Waals surface area contributed by atoms with Crippen molar-refractivity contribution in [3.8, 4) is 23.1 Å². The highest BCUT2D eigenvalue weighted by Gasteiger charge is 2.21. The Hall–Kier alpha value is -3.79. The number of amides is 1. The Kier molecular flexibility index (Phi) is 7.39. The molecule has 0 radical (unpaired) electrons. The number of carbonyl (C=O) groups is 1. The molecule has 3 aromatic rings. The summed E-state index contributed by atoms with van der Waals surface area (Å²) < 4.78 is 44.2. The smallest absolute Gasteiger partial charge is 0.265 e. The number of nitrogens with zero attached hydrogens (tertiary/aromatic N) is 1. The molecule has 174 valence electrons. The first-order valence-electron chi connectivity index (χ1n) is 10.0. The average molecular weight is 472 g/mol. The highest BCUT2D eigenvalue weighted by molar-refractivity contribution is 7.92. The summed E-state index contributed by atoms with van der Waals surface area (Å²) >= 11 is 0. The number of rotatable bonds is 9. The van der Waals surface area contributed by atoms with Crippen LogP contribution in [0.15, 0.2) is 65.7 Å². The van der Waals surface area contributed by atoms with E-state index in [1.165, 1.54) is 32.5 Å². The standard InChI is InChI=1S/C23H25N3O6S/c1-15(2)25-23(27)16-5-12-22(24-14-16)32-18-8-6-17(7-9-18)26-33(28,29)21-13-19(30-3)10-11-20(21)31-4/h5-15,26H,1-4H3,(H,25,27). The number of benzene rings is 2. The molecule has 1 amide bonds. The number of aromatic nitrogens is 1. The fourth-order valence-electron chi connectivity index (χ4n) is 2.84. The van der Waals surface area contributed by atoms with E-state index in [-0.39, 0.29) is 22.6 Å². The molecule has 0 fully saturated rings. The van der Waals surface area contributed by atoms with E-state index in [9.17, 15) is 13.2 Å². The number of ether oxygens (including phenoxy) is 3. The summed E-state index contributed by atoms with van der Waals surface area (Å²) in [5, 5.41) is 2.79. The Morgan fingerprint density at radius 1 is 0.939 bits per heavy atom. The summed E-state index contributed by atoms with van der Waals surface area (Å²) in [4.78, 5) is 16.1. The summed E-state index contributed by atoms with van der Waals surface area (Å²) in [5.74, 6) is 1.11. The van der Waals surface area contributed by atoms with Gasteiger partial charge in [0.15, 0.2) is 0 Å². The van der Waals surface area contributed by atoms with Crippen molar-refractivity contribution < 1.29 is 27.4 Å². The number of nitrogens with one attached hydrogen (secondary N) is 2. The fraction of sp³-hybridized carbons (Fsp3) is 0.217. The van der Waals surface area contributed by atoms with Gasteiger partial charge < -0.3 is 19.5 Å². The lowest BCUT2D eigenvalue weighted by Crippen LogP contribution is -2.30.